The van der Waals surface area contributed by atoms with Crippen LogP contribution in [0, 0.1) is 0 Å². The molecule has 0 radical (unpaired) electrons. The van der Waals surface area contributed by atoms with Crippen molar-refractivity contribution in [2.24, 2.45) is 0 Å². The second-order valence-corrected chi connectivity index (χ2v) is 6.24. The Hall–Kier alpha value is -2.18. The van der Waals surface area contributed by atoms with E-state index in [1.165, 1.54) is 11.1 Å². The Morgan fingerprint density at radius 2 is 2.05 bits per heavy atom. The molecule has 1 aromatic heterocycles. The summed E-state index contributed by atoms with van der Waals surface area (Å²) in [5.41, 5.74) is 4.76. The van der Waals surface area contributed by atoms with Gasteiger partial charge in [0.05, 0.1) is 17.3 Å². The summed E-state index contributed by atoms with van der Waals surface area (Å²) in [4.78, 5) is 12.6. The molecule has 22 heavy (non-hydrogen) atoms. The number of nitrogens with one attached hydrogen (secondary N) is 3. The number of fused-ring (bicyclic) bond motifs is 2. The summed E-state index contributed by atoms with van der Waals surface area (Å²) in [5, 5.41) is 14.0. The minimum Gasteiger partial charge on any atom is -0.322 e. The smallest absolute Gasteiger partial charge is 0.256 e. The maximum atomic E-state index is 12.6. The van der Waals surface area contributed by atoms with Gasteiger partial charge in [0.15, 0.2) is 0 Å². The normalized spacial score (nSPS) is 13.3. The van der Waals surface area contributed by atoms with Crippen LogP contribution in [-0.2, 0) is 13.1 Å². The van der Waals surface area contributed by atoms with Crippen LogP contribution in [0.25, 0.3) is 10.9 Å². The van der Waals surface area contributed by atoms with Gasteiger partial charge in [-0.2, -0.15) is 5.10 Å². The molecule has 5 nitrogen and oxygen atoms in total. The fourth-order valence-electron chi connectivity index (χ4n) is 2.77. The van der Waals surface area contributed by atoms with Crippen LogP contribution in [-0.4, -0.2) is 16.1 Å². The molecule has 3 N–H and O–H groups in total. The molecule has 0 fully saturated rings. The molecule has 0 saturated heterocycles. The molecule has 0 aliphatic carbocycles. The van der Waals surface area contributed by atoms with Gasteiger partial charge < -0.3 is 10.6 Å². The summed E-state index contributed by atoms with van der Waals surface area (Å²) in [5.74, 6) is -0.140. The molecule has 2 aromatic carbocycles. The van der Waals surface area contributed by atoms with Crippen molar-refractivity contribution in [1.29, 1.82) is 0 Å². The Balaban J connectivity index is 1.68. The van der Waals surface area contributed by atoms with Crippen LogP contribution in [0.2, 0.25) is 0 Å². The third-order valence-electron chi connectivity index (χ3n) is 3.86. The fourth-order valence-corrected chi connectivity index (χ4v) is 3.23. The van der Waals surface area contributed by atoms with Crippen molar-refractivity contribution in [2.75, 3.05) is 5.32 Å². The van der Waals surface area contributed by atoms with E-state index in [-0.39, 0.29) is 5.91 Å². The second kappa shape index (κ2) is 5.23. The minimum absolute atomic E-state index is 0.140. The molecule has 0 saturated carbocycles. The van der Waals surface area contributed by atoms with Crippen LogP contribution >= 0.6 is 15.9 Å². The lowest BCUT2D eigenvalue weighted by atomic mass is 10.1. The van der Waals surface area contributed by atoms with E-state index in [0.717, 1.165) is 34.2 Å². The first-order valence-electron chi connectivity index (χ1n) is 6.97. The highest BCUT2D eigenvalue weighted by atomic mass is 79.9. The van der Waals surface area contributed by atoms with E-state index in [4.69, 9.17) is 0 Å². The number of nitrogens with zero attached hydrogens (tertiary/aromatic N) is 1. The molecule has 3 aromatic rings. The van der Waals surface area contributed by atoms with Crippen LogP contribution in [0.1, 0.15) is 21.5 Å². The average molecular weight is 357 g/mol. The van der Waals surface area contributed by atoms with Gasteiger partial charge in [0.1, 0.15) is 0 Å². The van der Waals surface area contributed by atoms with E-state index in [1.807, 2.05) is 24.3 Å². The zero-order valence-corrected chi connectivity index (χ0v) is 13.2. The predicted molar refractivity (Wildman–Crippen MR) is 88.7 cm³/mol. The monoisotopic (exact) mass is 356 g/mol. The van der Waals surface area contributed by atoms with Gasteiger partial charge >= 0.3 is 0 Å². The lowest BCUT2D eigenvalue weighted by molar-refractivity contribution is 0.102. The number of anilines is 1. The van der Waals surface area contributed by atoms with Gasteiger partial charge in [-0.1, -0.05) is 22.0 Å². The summed E-state index contributed by atoms with van der Waals surface area (Å²) in [7, 11) is 0. The van der Waals surface area contributed by atoms with Crippen molar-refractivity contribution in [3.05, 3.63) is 57.7 Å². The van der Waals surface area contributed by atoms with Crippen molar-refractivity contribution in [3.63, 3.8) is 0 Å². The molecule has 0 atom stereocenters. The number of aromatic amines is 1. The standard InChI is InChI=1S/C16H13BrN4O/c17-11-4-13(14-8-19-21-15(14)5-11)16(22)20-12-2-1-9-6-18-7-10(9)3-12/h1-5,8,18H,6-7H2,(H,19,21)(H,20,22). The summed E-state index contributed by atoms with van der Waals surface area (Å²) in [6.45, 7) is 1.74. The number of aromatic nitrogens is 2. The number of carbonyl (C=O) groups excluding carboxylic acids is 1. The van der Waals surface area contributed by atoms with E-state index in [2.05, 4.69) is 42.8 Å². The second-order valence-electron chi connectivity index (χ2n) is 5.33. The first-order chi connectivity index (χ1) is 10.7. The zero-order chi connectivity index (χ0) is 15.1. The van der Waals surface area contributed by atoms with Crippen molar-refractivity contribution in [1.82, 2.24) is 15.5 Å². The van der Waals surface area contributed by atoms with Crippen LogP contribution in [0.5, 0.6) is 0 Å². The number of hydrogen-bond donors (Lipinski definition) is 3. The van der Waals surface area contributed by atoms with Gasteiger partial charge in [0, 0.05) is 28.6 Å². The lowest BCUT2D eigenvalue weighted by Crippen LogP contribution is -2.12. The summed E-state index contributed by atoms with van der Waals surface area (Å²) in [6.07, 6.45) is 1.67. The molecule has 1 aliphatic rings. The maximum Gasteiger partial charge on any atom is 0.256 e. The predicted octanol–water partition coefficient (Wildman–Crippen LogP) is 3.18. The summed E-state index contributed by atoms with van der Waals surface area (Å²) >= 11 is 3.43. The number of hydrogen-bond acceptors (Lipinski definition) is 3. The Kier molecular flexibility index (Phi) is 3.20. The minimum atomic E-state index is -0.140. The van der Waals surface area contributed by atoms with Gasteiger partial charge in [-0.15, -0.1) is 0 Å². The van der Waals surface area contributed by atoms with Crippen molar-refractivity contribution >= 4 is 38.4 Å². The van der Waals surface area contributed by atoms with E-state index in [0.29, 0.717) is 5.56 Å². The highest BCUT2D eigenvalue weighted by molar-refractivity contribution is 9.10. The van der Waals surface area contributed by atoms with E-state index >= 15 is 0 Å². The molecule has 0 unspecified atom stereocenters. The summed E-state index contributed by atoms with van der Waals surface area (Å²) < 4.78 is 0.840. The molecule has 1 amide bonds. The van der Waals surface area contributed by atoms with Crippen LogP contribution in [0.3, 0.4) is 0 Å². The number of rotatable bonds is 2. The maximum absolute atomic E-state index is 12.6. The van der Waals surface area contributed by atoms with Gasteiger partial charge in [0.25, 0.3) is 5.91 Å². The van der Waals surface area contributed by atoms with Crippen LogP contribution in [0.15, 0.2) is 41.0 Å². The molecular formula is C16H13BrN4O. The molecule has 0 bridgehead atoms. The number of carbonyl (C=O) groups is 1. The largest absolute Gasteiger partial charge is 0.322 e. The molecule has 1 aliphatic heterocycles. The summed E-state index contributed by atoms with van der Waals surface area (Å²) in [6, 6.07) is 9.73. The third kappa shape index (κ3) is 2.30. The first-order valence-corrected chi connectivity index (χ1v) is 7.76. The molecule has 6 heteroatoms. The number of halogens is 1. The fraction of sp³-hybridized carbons (Fsp3) is 0.125. The molecule has 0 spiro atoms. The third-order valence-corrected chi connectivity index (χ3v) is 4.32. The van der Waals surface area contributed by atoms with Crippen LogP contribution in [0.4, 0.5) is 5.69 Å². The van der Waals surface area contributed by atoms with E-state index < -0.39 is 0 Å². The van der Waals surface area contributed by atoms with Gasteiger partial charge in [-0.3, -0.25) is 9.89 Å². The molecule has 110 valence electrons. The average Bonchev–Trinajstić information content (AvgIpc) is 3.13. The van der Waals surface area contributed by atoms with Crippen molar-refractivity contribution in [3.8, 4) is 0 Å². The molecule has 2 heterocycles. The van der Waals surface area contributed by atoms with Gasteiger partial charge in [0.2, 0.25) is 0 Å². The number of benzene rings is 2. The van der Waals surface area contributed by atoms with E-state index in [1.54, 1.807) is 6.20 Å². The number of H-pyrrole nitrogens is 1. The van der Waals surface area contributed by atoms with Crippen LogP contribution < -0.4 is 10.6 Å². The highest BCUT2D eigenvalue weighted by Gasteiger charge is 2.15. The lowest BCUT2D eigenvalue weighted by Gasteiger charge is -2.08. The zero-order valence-electron chi connectivity index (χ0n) is 11.6. The van der Waals surface area contributed by atoms with E-state index in [9.17, 15) is 4.79 Å². The number of amides is 1. The molecule has 4 rings (SSSR count). The Bertz CT molecular complexity index is 887. The van der Waals surface area contributed by atoms with Crippen molar-refractivity contribution in [2.45, 2.75) is 13.1 Å². The Morgan fingerprint density at radius 1 is 1.18 bits per heavy atom. The Labute approximate surface area is 135 Å². The quantitative estimate of drug-likeness (QED) is 0.660. The van der Waals surface area contributed by atoms with Gasteiger partial charge in [-0.05, 0) is 35.4 Å². The topological polar surface area (TPSA) is 69.8 Å². The molecular weight excluding hydrogens is 344 g/mol. The Morgan fingerprint density at radius 3 is 2.95 bits per heavy atom. The highest BCUT2D eigenvalue weighted by Crippen LogP contribution is 2.25. The van der Waals surface area contributed by atoms with Crippen molar-refractivity contribution < 1.29 is 4.79 Å². The first kappa shape index (κ1) is 13.5. The SMILES string of the molecule is O=C(Nc1ccc2c(c1)CNC2)c1cc(Br)cc2[nH]ncc12. The van der Waals surface area contributed by atoms with Gasteiger partial charge in [-0.25, -0.2) is 0 Å².